The molecule has 0 saturated heterocycles. The number of carbonyl (C=O) groups is 2. The summed E-state index contributed by atoms with van der Waals surface area (Å²) in [5.74, 6) is 4.54. The number of anilines is 1. The van der Waals surface area contributed by atoms with E-state index in [0.717, 1.165) is 11.3 Å². The molecule has 0 bridgehead atoms. The monoisotopic (exact) mass is 386 g/mol. The van der Waals surface area contributed by atoms with Gasteiger partial charge in [0.25, 0.3) is 5.91 Å². The largest absolute Gasteiger partial charge is 0.315 e. The van der Waals surface area contributed by atoms with Gasteiger partial charge in [-0.2, -0.15) is 5.10 Å². The Labute approximate surface area is 164 Å². The minimum Gasteiger partial charge on any atom is -0.315 e. The van der Waals surface area contributed by atoms with Crippen LogP contribution in [0.15, 0.2) is 60.2 Å². The normalized spacial score (nSPS) is 10.3. The van der Waals surface area contributed by atoms with E-state index in [2.05, 4.69) is 27.2 Å². The molecule has 3 aromatic heterocycles. The topological polar surface area (TPSA) is 76.4 Å². The molecule has 0 aliphatic rings. The fourth-order valence-electron chi connectivity index (χ4n) is 2.84. The molecule has 0 aliphatic heterocycles. The second kappa shape index (κ2) is 7.47. The lowest BCUT2D eigenvalue weighted by atomic mass is 10.1. The summed E-state index contributed by atoms with van der Waals surface area (Å²) in [6.07, 6.45) is 3.18. The molecule has 0 spiro atoms. The van der Waals surface area contributed by atoms with Crippen LogP contribution in [0.25, 0.3) is 16.9 Å². The number of amides is 1. The smallest absolute Gasteiger partial charge is 0.300 e. The van der Waals surface area contributed by atoms with E-state index in [4.69, 9.17) is 0 Å². The second-order valence-corrected chi connectivity index (χ2v) is 6.79. The summed E-state index contributed by atoms with van der Waals surface area (Å²) < 4.78 is 1.63. The summed E-state index contributed by atoms with van der Waals surface area (Å²) in [7, 11) is 0. The Bertz CT molecular complexity index is 1250. The maximum atomic E-state index is 12.7. The summed E-state index contributed by atoms with van der Waals surface area (Å²) in [6.45, 7) is 1.61. The predicted molar refractivity (Wildman–Crippen MR) is 108 cm³/mol. The van der Waals surface area contributed by atoms with Crippen molar-refractivity contribution in [2.45, 2.75) is 6.92 Å². The Balaban J connectivity index is 1.75. The highest BCUT2D eigenvalue weighted by molar-refractivity contribution is 7.12. The van der Waals surface area contributed by atoms with Crippen molar-refractivity contribution in [2.75, 3.05) is 5.32 Å². The van der Waals surface area contributed by atoms with Crippen LogP contribution in [-0.4, -0.2) is 26.3 Å². The number of hydrogen-bond donors (Lipinski definition) is 1. The van der Waals surface area contributed by atoms with Crippen molar-refractivity contribution in [2.24, 2.45) is 0 Å². The Kier molecular flexibility index (Phi) is 4.70. The Morgan fingerprint density at radius 1 is 1.18 bits per heavy atom. The lowest BCUT2D eigenvalue weighted by Gasteiger charge is -2.07. The van der Waals surface area contributed by atoms with Crippen LogP contribution in [0.4, 0.5) is 5.69 Å². The van der Waals surface area contributed by atoms with Crippen molar-refractivity contribution in [3.8, 4) is 23.1 Å². The second-order valence-electron chi connectivity index (χ2n) is 5.84. The van der Waals surface area contributed by atoms with E-state index in [0.29, 0.717) is 21.8 Å². The molecule has 0 atom stereocenters. The van der Waals surface area contributed by atoms with Gasteiger partial charge in [0, 0.05) is 17.4 Å². The number of rotatable bonds is 4. The highest BCUT2D eigenvalue weighted by Crippen LogP contribution is 2.25. The van der Waals surface area contributed by atoms with Gasteiger partial charge in [-0.3, -0.25) is 9.59 Å². The summed E-state index contributed by atoms with van der Waals surface area (Å²) in [4.78, 5) is 29.4. The van der Waals surface area contributed by atoms with Crippen LogP contribution in [0.5, 0.6) is 0 Å². The molecule has 0 aliphatic carbocycles. The van der Waals surface area contributed by atoms with Crippen LogP contribution in [0.1, 0.15) is 22.2 Å². The number of ketones is 1. The Morgan fingerprint density at radius 3 is 2.86 bits per heavy atom. The number of aromatic nitrogens is 3. The van der Waals surface area contributed by atoms with Gasteiger partial charge in [0.2, 0.25) is 5.78 Å². The summed E-state index contributed by atoms with van der Waals surface area (Å²) in [6, 6.07) is 12.8. The van der Waals surface area contributed by atoms with Crippen LogP contribution < -0.4 is 5.32 Å². The van der Waals surface area contributed by atoms with Crippen molar-refractivity contribution in [3.05, 3.63) is 70.7 Å². The Hall–Kier alpha value is -3.76. The number of nitrogens with zero attached hydrogens (tertiary/aromatic N) is 3. The van der Waals surface area contributed by atoms with Crippen molar-refractivity contribution < 1.29 is 9.59 Å². The highest BCUT2D eigenvalue weighted by Gasteiger charge is 2.18. The first-order chi connectivity index (χ1) is 13.7. The lowest BCUT2D eigenvalue weighted by molar-refractivity contribution is -0.111. The molecule has 136 valence electrons. The molecule has 4 rings (SSSR count). The lowest BCUT2D eigenvalue weighted by Crippen LogP contribution is -2.08. The molecule has 28 heavy (non-hydrogen) atoms. The van der Waals surface area contributed by atoms with Gasteiger partial charge >= 0.3 is 0 Å². The molecule has 7 heteroatoms. The molecular formula is C21H14N4O2S. The number of nitrogens with one attached hydrogen (secondary N) is 1. The molecule has 0 unspecified atom stereocenters. The molecule has 0 radical (unpaired) electrons. The first kappa shape index (κ1) is 17.6. The number of thiophene rings is 1. The maximum Gasteiger partial charge on any atom is 0.300 e. The van der Waals surface area contributed by atoms with Crippen LogP contribution in [-0.2, 0) is 4.79 Å². The summed E-state index contributed by atoms with van der Waals surface area (Å²) >= 11 is 1.38. The van der Waals surface area contributed by atoms with Gasteiger partial charge in [0.1, 0.15) is 0 Å². The zero-order chi connectivity index (χ0) is 19.5. The maximum absolute atomic E-state index is 12.7. The van der Waals surface area contributed by atoms with Crippen molar-refractivity contribution >= 4 is 34.4 Å². The molecule has 1 amide bonds. The zero-order valence-corrected chi connectivity index (χ0v) is 15.7. The van der Waals surface area contributed by atoms with E-state index >= 15 is 0 Å². The minimum atomic E-state index is -0.373. The van der Waals surface area contributed by atoms with E-state index in [1.165, 1.54) is 17.5 Å². The van der Waals surface area contributed by atoms with Gasteiger partial charge in [0.05, 0.1) is 22.3 Å². The minimum absolute atomic E-state index is 0.103. The fourth-order valence-corrected chi connectivity index (χ4v) is 3.52. The fraction of sp³-hybridized carbons (Fsp3) is 0.0476. The van der Waals surface area contributed by atoms with Gasteiger partial charge in [-0.15, -0.1) is 11.3 Å². The third kappa shape index (κ3) is 3.29. The van der Waals surface area contributed by atoms with Gasteiger partial charge < -0.3 is 5.32 Å². The average Bonchev–Trinajstić information content (AvgIpc) is 3.38. The van der Waals surface area contributed by atoms with Gasteiger partial charge in [-0.1, -0.05) is 24.1 Å². The van der Waals surface area contributed by atoms with Gasteiger partial charge in [-0.25, -0.2) is 9.50 Å². The zero-order valence-electron chi connectivity index (χ0n) is 14.8. The molecule has 0 saturated carbocycles. The number of benzene rings is 1. The number of fused-ring (bicyclic) bond motifs is 1. The quantitative estimate of drug-likeness (QED) is 0.429. The van der Waals surface area contributed by atoms with E-state index in [1.807, 2.05) is 35.7 Å². The van der Waals surface area contributed by atoms with E-state index in [9.17, 15) is 9.59 Å². The average molecular weight is 386 g/mol. The van der Waals surface area contributed by atoms with Crippen molar-refractivity contribution in [1.29, 1.82) is 0 Å². The van der Waals surface area contributed by atoms with E-state index < -0.39 is 0 Å². The third-order valence-corrected chi connectivity index (χ3v) is 4.91. The molecule has 0 fully saturated rings. The molecule has 1 aromatic carbocycles. The highest BCUT2D eigenvalue weighted by atomic mass is 32.1. The van der Waals surface area contributed by atoms with E-state index in [1.54, 1.807) is 29.8 Å². The van der Waals surface area contributed by atoms with Gasteiger partial charge in [-0.05, 0) is 42.5 Å². The molecular weight excluding hydrogens is 372 g/mol. The molecule has 1 N–H and O–H groups in total. The van der Waals surface area contributed by atoms with Crippen molar-refractivity contribution in [1.82, 2.24) is 14.6 Å². The van der Waals surface area contributed by atoms with Crippen LogP contribution >= 0.6 is 11.3 Å². The summed E-state index contributed by atoms with van der Waals surface area (Å²) in [5.41, 5.74) is 3.15. The SMILES string of the molecule is CC#CC(=O)Nc1cccc(-c2ccnc3c(C(=O)c4cccs4)cnn23)c1. The van der Waals surface area contributed by atoms with Crippen LogP contribution in [0, 0.1) is 11.8 Å². The van der Waals surface area contributed by atoms with Crippen molar-refractivity contribution in [3.63, 3.8) is 0 Å². The van der Waals surface area contributed by atoms with Crippen LogP contribution in [0.3, 0.4) is 0 Å². The summed E-state index contributed by atoms with van der Waals surface area (Å²) in [5, 5.41) is 8.97. The Morgan fingerprint density at radius 2 is 2.07 bits per heavy atom. The molecule has 3 heterocycles. The standard InChI is InChI=1S/C21H14N4O2S/c1-2-5-19(26)24-15-7-3-6-14(12-15)17-9-10-22-21-16(13-23-25(17)21)20(27)18-8-4-11-28-18/h3-4,6-13H,1H3,(H,24,26). The molecule has 4 aromatic rings. The number of hydrogen-bond acceptors (Lipinski definition) is 5. The molecule has 6 nitrogen and oxygen atoms in total. The first-order valence-corrected chi connectivity index (χ1v) is 9.30. The first-order valence-electron chi connectivity index (χ1n) is 8.42. The van der Waals surface area contributed by atoms with Crippen LogP contribution in [0.2, 0.25) is 0 Å². The number of carbonyl (C=O) groups excluding carboxylic acids is 2. The van der Waals surface area contributed by atoms with E-state index in [-0.39, 0.29) is 11.7 Å². The van der Waals surface area contributed by atoms with Gasteiger partial charge in [0.15, 0.2) is 5.65 Å². The third-order valence-electron chi connectivity index (χ3n) is 4.05. The predicted octanol–water partition coefficient (Wildman–Crippen LogP) is 3.65.